The molecule has 6 heteroatoms. The first kappa shape index (κ1) is 17.4. The molecule has 126 valence electrons. The molecule has 1 aromatic rings. The normalized spacial score (nSPS) is 21.9. The van der Waals surface area contributed by atoms with E-state index in [9.17, 15) is 18.4 Å². The molecule has 1 aliphatic carbocycles. The summed E-state index contributed by atoms with van der Waals surface area (Å²) in [4.78, 5) is 24.7. The first-order valence-electron chi connectivity index (χ1n) is 7.65. The third kappa shape index (κ3) is 3.68. The fourth-order valence-electron chi connectivity index (χ4n) is 2.87. The van der Waals surface area contributed by atoms with Gasteiger partial charge in [-0.25, -0.2) is 13.6 Å². The van der Waals surface area contributed by atoms with Crippen molar-refractivity contribution in [1.29, 1.82) is 0 Å². The molecule has 2 rings (SSSR count). The van der Waals surface area contributed by atoms with Crippen molar-refractivity contribution in [2.45, 2.75) is 57.6 Å². The number of amides is 1. The average molecular weight is 325 g/mol. The van der Waals surface area contributed by atoms with Crippen LogP contribution in [0.1, 0.15) is 52.0 Å². The second-order valence-corrected chi connectivity index (χ2v) is 6.76. The lowest BCUT2D eigenvalue weighted by Crippen LogP contribution is -2.55. The summed E-state index contributed by atoms with van der Waals surface area (Å²) in [6.07, 6.45) is 0.643. The largest absolute Gasteiger partial charge is 0.444 e. The van der Waals surface area contributed by atoms with Crippen molar-refractivity contribution >= 4 is 11.9 Å². The van der Waals surface area contributed by atoms with Crippen LogP contribution in [0.25, 0.3) is 0 Å². The predicted molar refractivity (Wildman–Crippen MR) is 80.9 cm³/mol. The van der Waals surface area contributed by atoms with Crippen LogP contribution >= 0.6 is 0 Å². The topological polar surface area (TPSA) is 55.4 Å². The first-order chi connectivity index (χ1) is 10.7. The second-order valence-electron chi connectivity index (χ2n) is 6.76. The van der Waals surface area contributed by atoms with E-state index in [4.69, 9.17) is 4.74 Å². The van der Waals surface area contributed by atoms with Crippen LogP contribution in [0.15, 0.2) is 18.2 Å². The summed E-state index contributed by atoms with van der Waals surface area (Å²) in [7, 11) is 0. The van der Waals surface area contributed by atoms with Crippen molar-refractivity contribution < 1.29 is 23.1 Å². The molecule has 0 aliphatic heterocycles. The minimum Gasteiger partial charge on any atom is -0.444 e. The van der Waals surface area contributed by atoms with E-state index >= 15 is 0 Å². The Balaban J connectivity index is 2.46. The van der Waals surface area contributed by atoms with Gasteiger partial charge in [-0.3, -0.25) is 4.79 Å². The molecule has 1 atom stereocenters. The lowest BCUT2D eigenvalue weighted by molar-refractivity contribution is -0.128. The Morgan fingerprint density at radius 1 is 1.22 bits per heavy atom. The Morgan fingerprint density at radius 2 is 1.83 bits per heavy atom. The standard InChI is InChI=1S/C17H21F2NO3/c1-16(2,3)23-15(22)20-17(10-5-4-9-13(17)21)14-11(18)7-6-8-12(14)19/h6-8H,4-5,9-10H2,1-3H3,(H,20,22). The van der Waals surface area contributed by atoms with Crippen LogP contribution in [0.3, 0.4) is 0 Å². The van der Waals surface area contributed by atoms with E-state index in [1.807, 2.05) is 0 Å². The van der Waals surface area contributed by atoms with E-state index in [2.05, 4.69) is 5.32 Å². The van der Waals surface area contributed by atoms with Crippen LogP contribution in [-0.2, 0) is 15.1 Å². The Kier molecular flexibility index (Phi) is 4.73. The number of halogens is 2. The van der Waals surface area contributed by atoms with E-state index in [-0.39, 0.29) is 12.8 Å². The summed E-state index contributed by atoms with van der Waals surface area (Å²) in [6.45, 7) is 5.02. The van der Waals surface area contributed by atoms with Gasteiger partial charge in [-0.2, -0.15) is 0 Å². The lowest BCUT2D eigenvalue weighted by Gasteiger charge is -2.37. The van der Waals surface area contributed by atoms with Gasteiger partial charge in [-0.1, -0.05) is 6.07 Å². The Hall–Kier alpha value is -1.98. The van der Waals surface area contributed by atoms with Gasteiger partial charge in [0.25, 0.3) is 0 Å². The number of carbonyl (C=O) groups excluding carboxylic acids is 2. The van der Waals surface area contributed by atoms with Crippen LogP contribution in [0.5, 0.6) is 0 Å². The minimum atomic E-state index is -1.71. The Labute approximate surface area is 134 Å². The minimum absolute atomic E-state index is 0.142. The molecule has 0 saturated heterocycles. The number of carbonyl (C=O) groups is 2. The number of ketones is 1. The molecule has 0 bridgehead atoms. The average Bonchev–Trinajstić information content (AvgIpc) is 2.39. The highest BCUT2D eigenvalue weighted by molar-refractivity contribution is 5.93. The molecular weight excluding hydrogens is 304 g/mol. The maximum atomic E-state index is 14.3. The van der Waals surface area contributed by atoms with Crippen molar-refractivity contribution in [3.05, 3.63) is 35.4 Å². The van der Waals surface area contributed by atoms with Crippen LogP contribution in [0.2, 0.25) is 0 Å². The van der Waals surface area contributed by atoms with Crippen molar-refractivity contribution in [2.75, 3.05) is 0 Å². The van der Waals surface area contributed by atoms with E-state index in [1.54, 1.807) is 20.8 Å². The number of rotatable bonds is 2. The third-order valence-corrected chi connectivity index (χ3v) is 3.79. The van der Waals surface area contributed by atoms with Gasteiger partial charge in [-0.05, 0) is 52.2 Å². The molecular formula is C17H21F2NO3. The molecule has 1 fully saturated rings. The molecule has 1 N–H and O–H groups in total. The van der Waals surface area contributed by atoms with E-state index < -0.39 is 40.2 Å². The summed E-state index contributed by atoms with van der Waals surface area (Å²) in [5, 5.41) is 2.45. The highest BCUT2D eigenvalue weighted by Crippen LogP contribution is 2.37. The van der Waals surface area contributed by atoms with Gasteiger partial charge in [-0.15, -0.1) is 0 Å². The summed E-state index contributed by atoms with van der Waals surface area (Å²) in [6, 6.07) is 3.39. The summed E-state index contributed by atoms with van der Waals surface area (Å²) < 4.78 is 33.7. The molecule has 0 aromatic heterocycles. The van der Waals surface area contributed by atoms with Gasteiger partial charge < -0.3 is 10.1 Å². The molecule has 4 nitrogen and oxygen atoms in total. The summed E-state index contributed by atoms with van der Waals surface area (Å²) in [5.41, 5.74) is -2.90. The number of Topliss-reactive ketones (excluding diaryl/α,β-unsaturated/α-hetero) is 1. The smallest absolute Gasteiger partial charge is 0.408 e. The zero-order valence-electron chi connectivity index (χ0n) is 13.5. The lowest BCUT2D eigenvalue weighted by atomic mass is 9.75. The Morgan fingerprint density at radius 3 is 2.35 bits per heavy atom. The second kappa shape index (κ2) is 6.26. The van der Waals surface area contributed by atoms with Gasteiger partial charge in [0.05, 0.1) is 5.56 Å². The fraction of sp³-hybridized carbons (Fsp3) is 0.529. The molecule has 0 spiro atoms. The van der Waals surface area contributed by atoms with Gasteiger partial charge in [0.1, 0.15) is 22.8 Å². The number of hydrogen-bond donors (Lipinski definition) is 1. The van der Waals surface area contributed by atoms with Crippen molar-refractivity contribution in [3.8, 4) is 0 Å². The number of hydrogen-bond acceptors (Lipinski definition) is 3. The predicted octanol–water partition coefficient (Wildman–Crippen LogP) is 3.83. The molecule has 23 heavy (non-hydrogen) atoms. The number of alkyl carbamates (subject to hydrolysis) is 1. The fourth-order valence-corrected chi connectivity index (χ4v) is 2.87. The molecule has 1 saturated carbocycles. The van der Waals surface area contributed by atoms with Crippen LogP contribution < -0.4 is 5.32 Å². The molecule has 1 aromatic carbocycles. The van der Waals surface area contributed by atoms with Crippen molar-refractivity contribution in [3.63, 3.8) is 0 Å². The molecule has 0 heterocycles. The third-order valence-electron chi connectivity index (χ3n) is 3.79. The van der Waals surface area contributed by atoms with Crippen molar-refractivity contribution in [2.24, 2.45) is 0 Å². The molecule has 1 aliphatic rings. The SMILES string of the molecule is CC(C)(C)OC(=O)NC1(c2c(F)cccc2F)CCCCC1=O. The summed E-state index contributed by atoms with van der Waals surface area (Å²) in [5.74, 6) is -2.11. The molecule has 0 radical (unpaired) electrons. The van der Waals surface area contributed by atoms with Gasteiger partial charge in [0.15, 0.2) is 5.78 Å². The van der Waals surface area contributed by atoms with Crippen LogP contribution in [0, 0.1) is 11.6 Å². The zero-order chi connectivity index (χ0) is 17.3. The zero-order valence-corrected chi connectivity index (χ0v) is 13.5. The van der Waals surface area contributed by atoms with Crippen LogP contribution in [0.4, 0.5) is 13.6 Å². The van der Waals surface area contributed by atoms with E-state index in [0.29, 0.717) is 12.8 Å². The Bertz CT molecular complexity index is 605. The van der Waals surface area contributed by atoms with Gasteiger partial charge in [0.2, 0.25) is 0 Å². The maximum Gasteiger partial charge on any atom is 0.408 e. The summed E-state index contributed by atoms with van der Waals surface area (Å²) >= 11 is 0. The van der Waals surface area contributed by atoms with E-state index in [1.165, 1.54) is 6.07 Å². The first-order valence-corrected chi connectivity index (χ1v) is 7.65. The quantitative estimate of drug-likeness (QED) is 0.899. The van der Waals surface area contributed by atoms with Crippen LogP contribution in [-0.4, -0.2) is 17.5 Å². The monoisotopic (exact) mass is 325 g/mol. The number of nitrogens with one attached hydrogen (secondary N) is 1. The molecule has 1 amide bonds. The van der Waals surface area contributed by atoms with Gasteiger partial charge in [0, 0.05) is 6.42 Å². The highest BCUT2D eigenvalue weighted by atomic mass is 19.1. The number of ether oxygens (including phenoxy) is 1. The van der Waals surface area contributed by atoms with Crippen molar-refractivity contribution in [1.82, 2.24) is 5.32 Å². The van der Waals surface area contributed by atoms with E-state index in [0.717, 1.165) is 12.1 Å². The van der Waals surface area contributed by atoms with Gasteiger partial charge >= 0.3 is 6.09 Å². The molecule has 1 unspecified atom stereocenters. The maximum absolute atomic E-state index is 14.3. The number of benzene rings is 1. The highest BCUT2D eigenvalue weighted by Gasteiger charge is 2.47.